The molecule has 0 spiro atoms. The highest BCUT2D eigenvalue weighted by molar-refractivity contribution is 7.98. The van der Waals surface area contributed by atoms with Crippen molar-refractivity contribution in [2.45, 2.75) is 160 Å². The number of aliphatic carboxylic acids is 1. The van der Waals surface area contributed by atoms with Gasteiger partial charge in [0.05, 0.1) is 12.6 Å². The number of aliphatic hydroxyl groups excluding tert-OH is 1. The predicted octanol–water partition coefficient (Wildman–Crippen LogP) is -4.74. The highest BCUT2D eigenvalue weighted by Crippen LogP contribution is 2.21. The zero-order valence-corrected chi connectivity index (χ0v) is 45.0. The maximum absolute atomic E-state index is 14.4. The molecule has 0 unspecified atom stereocenters. The van der Waals surface area contributed by atoms with Crippen molar-refractivity contribution >= 4 is 82.8 Å². The van der Waals surface area contributed by atoms with E-state index >= 15 is 0 Å². The van der Waals surface area contributed by atoms with Gasteiger partial charge in [0.1, 0.15) is 48.3 Å². The second-order valence-electron chi connectivity index (χ2n) is 19.4. The number of thioether (sulfide) groups is 1. The van der Waals surface area contributed by atoms with Crippen LogP contribution in [0, 0.1) is 17.8 Å². The average molecular weight is 1090 g/mol. The van der Waals surface area contributed by atoms with Gasteiger partial charge in [0.25, 0.3) is 0 Å². The SMILES string of the molecule is CSCC[C@H](NC(=O)[C@@H](N)CCC(N)=O)C(=O)N[C@@H](CCCN=C(N)N)C(=O)N1CCC[C@H]1C(=O)N[C@H](C(=O)N[C@@H](CO)C(=O)N[C@@H](CCCN=C(N)N)C(=O)N[C@H](C(=O)N[C@@H](CC(C)C)C(=O)O)C(C)C)C(C)C. The number of carboxylic acids is 1. The standard InChI is InChI=1S/C46H84N16O12S/c1-23(2)21-30(44(73)74)58-41(70)34(24(3)4)60-38(67)27(11-8-17-53-45(49)50)56-39(68)31(22-63)59-42(71)35(25(5)6)61-40(69)32-13-10-19-62(32)43(72)29(12-9-18-54-46(51)52)57-37(66)28(16-20-75-7)55-36(65)26(47)14-15-33(48)64/h23-32,34-35,63H,8-22,47H2,1-7H3,(H2,48,64)(H,55,65)(H,56,68)(H,57,66)(H,58,70)(H,59,71)(H,60,67)(H,61,69)(H,73,74)(H4,49,50,53)(H4,51,52,54)/t26-,27-,28-,29-,30-,31-,32-,34-,35-/m0/s1. The Hall–Kier alpha value is -6.49. The first-order valence-corrected chi connectivity index (χ1v) is 26.4. The molecule has 0 aliphatic carbocycles. The number of carboxylic acid groups (broad SMARTS) is 1. The maximum atomic E-state index is 14.4. The van der Waals surface area contributed by atoms with Gasteiger partial charge in [-0.25, -0.2) is 4.79 Å². The molecule has 0 radical (unpaired) electrons. The molecule has 9 atom stereocenters. The zero-order valence-electron chi connectivity index (χ0n) is 44.2. The number of likely N-dealkylation sites (tertiary alicyclic amines) is 1. The minimum absolute atomic E-state index is 0.00717. The van der Waals surface area contributed by atoms with Gasteiger partial charge in [-0.2, -0.15) is 11.8 Å². The Morgan fingerprint density at radius 3 is 1.57 bits per heavy atom. The molecule has 1 aliphatic heterocycles. The van der Waals surface area contributed by atoms with E-state index in [-0.39, 0.29) is 95.3 Å². The Labute approximate surface area is 442 Å². The van der Waals surface area contributed by atoms with E-state index in [4.69, 9.17) is 34.4 Å². The number of primary amides is 1. The molecule has 0 aromatic rings. The summed E-state index contributed by atoms with van der Waals surface area (Å²) in [6, 6.07) is -11.6. The van der Waals surface area contributed by atoms with Crippen LogP contribution in [0.4, 0.5) is 0 Å². The lowest BCUT2D eigenvalue weighted by atomic mass is 9.99. The van der Waals surface area contributed by atoms with Crippen LogP contribution in [0.15, 0.2) is 9.98 Å². The quantitative estimate of drug-likeness (QED) is 0.0161. The first kappa shape index (κ1) is 66.5. The van der Waals surface area contributed by atoms with E-state index in [2.05, 4.69) is 47.2 Å². The van der Waals surface area contributed by atoms with E-state index < -0.39 is 132 Å². The van der Waals surface area contributed by atoms with Crippen LogP contribution < -0.4 is 71.6 Å². The van der Waals surface area contributed by atoms with Crippen molar-refractivity contribution < 1.29 is 58.2 Å². The molecule has 75 heavy (non-hydrogen) atoms. The fourth-order valence-electron chi connectivity index (χ4n) is 7.78. The van der Waals surface area contributed by atoms with E-state index in [0.29, 0.717) is 12.2 Å². The third-order valence-corrected chi connectivity index (χ3v) is 12.5. The van der Waals surface area contributed by atoms with Crippen LogP contribution in [-0.4, -0.2) is 179 Å². The molecule has 0 aromatic heterocycles. The van der Waals surface area contributed by atoms with E-state index in [1.54, 1.807) is 47.8 Å². The number of nitrogens with two attached hydrogens (primary N) is 6. The molecule has 29 heteroatoms. The van der Waals surface area contributed by atoms with Crippen molar-refractivity contribution in [3.63, 3.8) is 0 Å². The summed E-state index contributed by atoms with van der Waals surface area (Å²) in [5.41, 5.74) is 33.0. The number of rotatable bonds is 35. The Morgan fingerprint density at radius 2 is 1.08 bits per heavy atom. The highest BCUT2D eigenvalue weighted by atomic mass is 32.2. The number of carbonyl (C=O) groups excluding carboxylic acids is 9. The van der Waals surface area contributed by atoms with E-state index in [9.17, 15) is 58.2 Å². The number of carbonyl (C=O) groups is 10. The largest absolute Gasteiger partial charge is 0.480 e. The van der Waals surface area contributed by atoms with Crippen molar-refractivity contribution in [1.82, 2.24) is 42.1 Å². The third kappa shape index (κ3) is 24.6. The number of hydrogen-bond acceptors (Lipinski definition) is 15. The summed E-state index contributed by atoms with van der Waals surface area (Å²) in [4.78, 5) is 142. The summed E-state index contributed by atoms with van der Waals surface area (Å²) in [7, 11) is 0. The van der Waals surface area contributed by atoms with Crippen LogP contribution >= 0.6 is 11.8 Å². The number of nitrogens with zero attached hydrogens (tertiary/aromatic N) is 3. The van der Waals surface area contributed by atoms with Gasteiger partial charge in [-0.15, -0.1) is 0 Å². The summed E-state index contributed by atoms with van der Waals surface area (Å²) in [6.45, 7) is 9.28. The third-order valence-electron chi connectivity index (χ3n) is 11.9. The van der Waals surface area contributed by atoms with Crippen LogP contribution in [0.3, 0.4) is 0 Å². The Morgan fingerprint density at radius 1 is 0.613 bits per heavy atom. The number of hydrogen-bond donors (Lipinski definition) is 15. The Kier molecular flexibility index (Phi) is 30.3. The van der Waals surface area contributed by atoms with Gasteiger partial charge in [-0.1, -0.05) is 41.5 Å². The molecule has 1 saturated heterocycles. The number of nitrogens with one attached hydrogen (secondary N) is 7. The zero-order chi connectivity index (χ0) is 57.1. The van der Waals surface area contributed by atoms with Crippen molar-refractivity contribution in [2.24, 2.45) is 62.1 Å². The highest BCUT2D eigenvalue weighted by Gasteiger charge is 2.41. The second-order valence-corrected chi connectivity index (χ2v) is 20.4. The van der Waals surface area contributed by atoms with Crippen molar-refractivity contribution in [3.8, 4) is 0 Å². The van der Waals surface area contributed by atoms with Gasteiger partial charge in [0, 0.05) is 26.1 Å². The van der Waals surface area contributed by atoms with Gasteiger partial charge in [0.2, 0.25) is 53.2 Å². The van der Waals surface area contributed by atoms with Gasteiger partial charge in [-0.05, 0) is 87.5 Å². The Bertz CT molecular complexity index is 2000. The summed E-state index contributed by atoms with van der Waals surface area (Å²) in [5, 5.41) is 38.1. The maximum Gasteiger partial charge on any atom is 0.326 e. The molecule has 1 heterocycles. The molecular weight excluding hydrogens is 1000 g/mol. The summed E-state index contributed by atoms with van der Waals surface area (Å²) < 4.78 is 0. The number of guanidine groups is 2. The van der Waals surface area contributed by atoms with E-state index in [1.807, 2.05) is 0 Å². The van der Waals surface area contributed by atoms with E-state index in [0.717, 1.165) is 0 Å². The minimum Gasteiger partial charge on any atom is -0.480 e. The molecule has 9 amide bonds. The molecule has 1 aliphatic rings. The summed E-state index contributed by atoms with van der Waals surface area (Å²) in [5.74, 6) is -9.52. The molecule has 0 saturated carbocycles. The van der Waals surface area contributed by atoms with Crippen LogP contribution in [-0.2, 0) is 47.9 Å². The van der Waals surface area contributed by atoms with E-state index in [1.165, 1.54) is 16.7 Å². The fraction of sp³-hybridized carbons (Fsp3) is 0.739. The molecular formula is C46H84N16O12S. The smallest absolute Gasteiger partial charge is 0.326 e. The van der Waals surface area contributed by atoms with Crippen LogP contribution in [0.5, 0.6) is 0 Å². The minimum atomic E-state index is -1.68. The normalized spacial score (nSPS) is 16.4. The monoisotopic (exact) mass is 1080 g/mol. The lowest BCUT2D eigenvalue weighted by molar-refractivity contribution is -0.143. The second kappa shape index (κ2) is 34.2. The molecule has 1 rings (SSSR count). The lowest BCUT2D eigenvalue weighted by Crippen LogP contribution is -2.61. The molecule has 0 aromatic carbocycles. The first-order chi connectivity index (χ1) is 35.1. The van der Waals surface area contributed by atoms with Crippen molar-refractivity contribution in [2.75, 3.05) is 38.2 Å². The Balaban J connectivity index is 3.38. The van der Waals surface area contributed by atoms with Gasteiger partial charge in [0.15, 0.2) is 11.9 Å². The van der Waals surface area contributed by atoms with Crippen molar-refractivity contribution in [1.29, 1.82) is 0 Å². The first-order valence-electron chi connectivity index (χ1n) is 25.1. The lowest BCUT2D eigenvalue weighted by Gasteiger charge is -2.31. The number of aliphatic imine (C=N–C) groups is 2. The molecule has 1 fully saturated rings. The molecule has 21 N–H and O–H groups in total. The van der Waals surface area contributed by atoms with Crippen molar-refractivity contribution in [3.05, 3.63) is 0 Å². The molecule has 28 nitrogen and oxygen atoms in total. The van der Waals surface area contributed by atoms with Gasteiger partial charge < -0.3 is 86.7 Å². The van der Waals surface area contributed by atoms with Crippen LogP contribution in [0.1, 0.15) is 106 Å². The van der Waals surface area contributed by atoms with Gasteiger partial charge >= 0.3 is 5.97 Å². The van der Waals surface area contributed by atoms with Gasteiger partial charge in [-0.3, -0.25) is 53.1 Å². The fourth-order valence-corrected chi connectivity index (χ4v) is 8.25. The predicted molar refractivity (Wildman–Crippen MR) is 281 cm³/mol. The number of aliphatic hydroxyl groups is 1. The molecule has 426 valence electrons. The topological polar surface area (TPSA) is 479 Å². The number of amides is 9. The average Bonchev–Trinajstić information content (AvgIpc) is 3.83. The summed E-state index contributed by atoms with van der Waals surface area (Å²) in [6.07, 6.45) is 2.63. The summed E-state index contributed by atoms with van der Waals surface area (Å²) >= 11 is 1.40. The van der Waals surface area contributed by atoms with Crippen LogP contribution in [0.2, 0.25) is 0 Å². The molecule has 0 bridgehead atoms. The van der Waals surface area contributed by atoms with Crippen LogP contribution in [0.25, 0.3) is 0 Å².